The second-order valence-corrected chi connectivity index (χ2v) is 6.68. The van der Waals surface area contributed by atoms with E-state index in [0.29, 0.717) is 23.4 Å². The maximum atomic E-state index is 6.13. The van der Waals surface area contributed by atoms with E-state index in [1.54, 1.807) is 0 Å². The Morgan fingerprint density at radius 2 is 2.12 bits per heavy atom. The van der Waals surface area contributed by atoms with Crippen molar-refractivity contribution in [3.63, 3.8) is 0 Å². The molecule has 1 saturated heterocycles. The lowest BCUT2D eigenvalue weighted by Crippen LogP contribution is -2.37. The Bertz CT molecular complexity index is 207. The Balaban J connectivity index is 2.10. The molecule has 0 amide bonds. The standard InChI is InChI=1S/C14H30N2O/c1-11(12-6-8-17-10-12)16-7-5-13(15)9-14(2,3)4/h11-13,16H,5-10,15H2,1-4H3. The molecule has 3 nitrogen and oxygen atoms in total. The molecule has 0 bridgehead atoms. The smallest absolute Gasteiger partial charge is 0.0509 e. The van der Waals surface area contributed by atoms with Gasteiger partial charge in [0.2, 0.25) is 0 Å². The predicted molar refractivity (Wildman–Crippen MR) is 73.1 cm³/mol. The van der Waals surface area contributed by atoms with E-state index in [4.69, 9.17) is 10.5 Å². The fourth-order valence-corrected chi connectivity index (χ4v) is 2.50. The summed E-state index contributed by atoms with van der Waals surface area (Å²) in [6, 6.07) is 0.869. The van der Waals surface area contributed by atoms with Crippen molar-refractivity contribution in [3.05, 3.63) is 0 Å². The molecule has 0 spiro atoms. The molecule has 3 heteroatoms. The topological polar surface area (TPSA) is 47.3 Å². The highest BCUT2D eigenvalue weighted by molar-refractivity contribution is 4.77. The summed E-state index contributed by atoms with van der Waals surface area (Å²) in [4.78, 5) is 0. The first kappa shape index (κ1) is 14.9. The Labute approximate surface area is 106 Å². The van der Waals surface area contributed by atoms with Crippen LogP contribution in [0.4, 0.5) is 0 Å². The fourth-order valence-electron chi connectivity index (χ4n) is 2.50. The first-order valence-corrected chi connectivity index (χ1v) is 6.95. The minimum absolute atomic E-state index is 0.314. The Kier molecular flexibility index (Phi) is 5.90. The summed E-state index contributed by atoms with van der Waals surface area (Å²) >= 11 is 0. The summed E-state index contributed by atoms with van der Waals surface area (Å²) in [5.41, 5.74) is 6.47. The summed E-state index contributed by atoms with van der Waals surface area (Å²) in [7, 11) is 0. The third kappa shape index (κ3) is 6.39. The maximum absolute atomic E-state index is 6.13. The zero-order chi connectivity index (χ0) is 12.9. The molecule has 1 rings (SSSR count). The molecule has 102 valence electrons. The van der Waals surface area contributed by atoms with Crippen molar-refractivity contribution in [1.82, 2.24) is 5.32 Å². The van der Waals surface area contributed by atoms with Crippen molar-refractivity contribution < 1.29 is 4.74 Å². The third-order valence-corrected chi connectivity index (χ3v) is 3.53. The average molecular weight is 242 g/mol. The number of rotatable bonds is 6. The lowest BCUT2D eigenvalue weighted by atomic mass is 9.87. The van der Waals surface area contributed by atoms with Crippen LogP contribution in [0, 0.1) is 11.3 Å². The number of nitrogens with two attached hydrogens (primary N) is 1. The molecular weight excluding hydrogens is 212 g/mol. The van der Waals surface area contributed by atoms with Crippen LogP contribution in [0.2, 0.25) is 0 Å². The van der Waals surface area contributed by atoms with Crippen LogP contribution in [0.25, 0.3) is 0 Å². The van der Waals surface area contributed by atoms with E-state index < -0.39 is 0 Å². The monoisotopic (exact) mass is 242 g/mol. The second-order valence-electron chi connectivity index (χ2n) is 6.68. The lowest BCUT2D eigenvalue weighted by molar-refractivity contribution is 0.178. The third-order valence-electron chi connectivity index (χ3n) is 3.53. The maximum Gasteiger partial charge on any atom is 0.0509 e. The van der Waals surface area contributed by atoms with Gasteiger partial charge in [-0.3, -0.25) is 0 Å². The Hall–Kier alpha value is -0.120. The summed E-state index contributed by atoms with van der Waals surface area (Å²) < 4.78 is 5.41. The minimum Gasteiger partial charge on any atom is -0.381 e. The van der Waals surface area contributed by atoms with Gasteiger partial charge in [0.15, 0.2) is 0 Å². The van der Waals surface area contributed by atoms with Gasteiger partial charge in [-0.2, -0.15) is 0 Å². The molecule has 3 N–H and O–H groups in total. The van der Waals surface area contributed by atoms with E-state index in [1.165, 1.54) is 6.42 Å². The fraction of sp³-hybridized carbons (Fsp3) is 1.00. The van der Waals surface area contributed by atoms with Crippen LogP contribution >= 0.6 is 0 Å². The zero-order valence-corrected chi connectivity index (χ0v) is 12.0. The molecule has 3 unspecified atom stereocenters. The van der Waals surface area contributed by atoms with Gasteiger partial charge in [-0.15, -0.1) is 0 Å². The van der Waals surface area contributed by atoms with Gasteiger partial charge in [0.25, 0.3) is 0 Å². The quantitative estimate of drug-likeness (QED) is 0.750. The molecule has 3 atom stereocenters. The van der Waals surface area contributed by atoms with E-state index in [2.05, 4.69) is 33.0 Å². The molecular formula is C14H30N2O. The van der Waals surface area contributed by atoms with Crippen molar-refractivity contribution in [1.29, 1.82) is 0 Å². The van der Waals surface area contributed by atoms with Crippen LogP contribution < -0.4 is 11.1 Å². The van der Waals surface area contributed by atoms with E-state index in [9.17, 15) is 0 Å². The molecule has 1 aliphatic rings. The first-order chi connectivity index (χ1) is 7.88. The van der Waals surface area contributed by atoms with Gasteiger partial charge < -0.3 is 15.8 Å². The van der Waals surface area contributed by atoms with Crippen molar-refractivity contribution >= 4 is 0 Å². The van der Waals surface area contributed by atoms with Crippen molar-refractivity contribution in [2.24, 2.45) is 17.1 Å². The van der Waals surface area contributed by atoms with Crippen LogP contribution in [0.3, 0.4) is 0 Å². The number of ether oxygens (including phenoxy) is 1. The van der Waals surface area contributed by atoms with Gasteiger partial charge in [0.1, 0.15) is 0 Å². The minimum atomic E-state index is 0.314. The van der Waals surface area contributed by atoms with Gasteiger partial charge >= 0.3 is 0 Å². The average Bonchev–Trinajstić information content (AvgIpc) is 2.66. The zero-order valence-electron chi connectivity index (χ0n) is 12.0. The molecule has 0 aromatic rings. The molecule has 0 saturated carbocycles. The second kappa shape index (κ2) is 6.72. The highest BCUT2D eigenvalue weighted by Gasteiger charge is 2.22. The van der Waals surface area contributed by atoms with Gasteiger partial charge in [0, 0.05) is 18.7 Å². The molecule has 1 fully saturated rings. The SMILES string of the molecule is CC(NCCC(N)CC(C)(C)C)C1CCOC1. The predicted octanol–water partition coefficient (Wildman–Crippen LogP) is 2.15. The normalized spacial score (nSPS) is 24.9. The first-order valence-electron chi connectivity index (χ1n) is 6.95. The summed E-state index contributed by atoms with van der Waals surface area (Å²) in [5, 5.41) is 3.58. The van der Waals surface area contributed by atoms with Crippen LogP contribution in [0.1, 0.15) is 47.0 Å². The van der Waals surface area contributed by atoms with Crippen LogP contribution in [-0.2, 0) is 4.74 Å². The van der Waals surface area contributed by atoms with E-state index >= 15 is 0 Å². The Morgan fingerprint density at radius 3 is 2.65 bits per heavy atom. The van der Waals surface area contributed by atoms with Crippen molar-refractivity contribution in [2.75, 3.05) is 19.8 Å². The number of hydrogen-bond donors (Lipinski definition) is 2. The molecule has 0 aromatic heterocycles. The molecule has 0 radical (unpaired) electrons. The lowest BCUT2D eigenvalue weighted by Gasteiger charge is -2.24. The van der Waals surface area contributed by atoms with Crippen LogP contribution in [0.15, 0.2) is 0 Å². The molecule has 0 aromatic carbocycles. The summed E-state index contributed by atoms with van der Waals surface area (Å²) in [5.74, 6) is 0.689. The van der Waals surface area contributed by atoms with Gasteiger partial charge in [0.05, 0.1) is 6.61 Å². The van der Waals surface area contributed by atoms with Crippen molar-refractivity contribution in [3.8, 4) is 0 Å². The highest BCUT2D eigenvalue weighted by Crippen LogP contribution is 2.21. The van der Waals surface area contributed by atoms with Crippen LogP contribution in [0.5, 0.6) is 0 Å². The van der Waals surface area contributed by atoms with Gasteiger partial charge in [-0.05, 0) is 44.1 Å². The van der Waals surface area contributed by atoms with Gasteiger partial charge in [-0.1, -0.05) is 20.8 Å². The van der Waals surface area contributed by atoms with Crippen LogP contribution in [-0.4, -0.2) is 31.8 Å². The van der Waals surface area contributed by atoms with Gasteiger partial charge in [-0.25, -0.2) is 0 Å². The highest BCUT2D eigenvalue weighted by atomic mass is 16.5. The largest absolute Gasteiger partial charge is 0.381 e. The van der Waals surface area contributed by atoms with E-state index in [0.717, 1.165) is 32.6 Å². The Morgan fingerprint density at radius 1 is 1.41 bits per heavy atom. The molecule has 1 heterocycles. The van der Waals surface area contributed by atoms with E-state index in [-0.39, 0.29) is 0 Å². The van der Waals surface area contributed by atoms with Crippen molar-refractivity contribution in [2.45, 2.75) is 59.0 Å². The summed E-state index contributed by atoms with van der Waals surface area (Å²) in [6.45, 7) is 11.9. The van der Waals surface area contributed by atoms with E-state index in [1.807, 2.05) is 0 Å². The molecule has 1 aliphatic heterocycles. The summed E-state index contributed by atoms with van der Waals surface area (Å²) in [6.07, 6.45) is 3.35. The number of hydrogen-bond acceptors (Lipinski definition) is 3. The molecule has 0 aliphatic carbocycles. The molecule has 17 heavy (non-hydrogen) atoms. The number of nitrogens with one attached hydrogen (secondary N) is 1.